The van der Waals surface area contributed by atoms with Crippen LogP contribution in [0.15, 0.2) is 24.7 Å². The summed E-state index contributed by atoms with van der Waals surface area (Å²) in [5, 5.41) is 15.5. The Morgan fingerprint density at radius 3 is 2.95 bits per heavy atom. The summed E-state index contributed by atoms with van der Waals surface area (Å²) in [6, 6.07) is 1.99. The monoisotopic (exact) mass is 302 g/mol. The van der Waals surface area contributed by atoms with Crippen LogP contribution >= 0.6 is 11.3 Å². The maximum atomic E-state index is 12.3. The van der Waals surface area contributed by atoms with Gasteiger partial charge in [0.15, 0.2) is 0 Å². The molecular formula is C13H14N6OS. The topological polar surface area (TPSA) is 98.7 Å². The van der Waals surface area contributed by atoms with E-state index in [1.54, 1.807) is 29.3 Å². The molecule has 3 heterocycles. The van der Waals surface area contributed by atoms with Gasteiger partial charge in [0.2, 0.25) is 0 Å². The number of thiophene rings is 1. The molecule has 0 radical (unpaired) electrons. The van der Waals surface area contributed by atoms with Gasteiger partial charge in [-0.15, -0.1) is 16.4 Å². The van der Waals surface area contributed by atoms with Crippen LogP contribution in [-0.4, -0.2) is 25.9 Å². The van der Waals surface area contributed by atoms with E-state index in [0.29, 0.717) is 21.1 Å². The van der Waals surface area contributed by atoms with Crippen molar-refractivity contribution in [2.75, 3.05) is 11.1 Å². The molecule has 21 heavy (non-hydrogen) atoms. The summed E-state index contributed by atoms with van der Waals surface area (Å²) >= 11 is 1.23. The lowest BCUT2D eigenvalue weighted by Crippen LogP contribution is -2.11. The van der Waals surface area contributed by atoms with Gasteiger partial charge in [0, 0.05) is 17.6 Å². The average Bonchev–Trinajstić information content (AvgIpc) is 3.05. The Balaban J connectivity index is 1.88. The fraction of sp³-hybridized carbons (Fsp3) is 0.231. The highest BCUT2D eigenvalue weighted by Gasteiger charge is 2.18. The summed E-state index contributed by atoms with van der Waals surface area (Å²) < 4.78 is 1.77. The summed E-state index contributed by atoms with van der Waals surface area (Å²) in [5.74, 6) is -0.265. The van der Waals surface area contributed by atoms with Gasteiger partial charge in [0.05, 0.1) is 23.8 Å². The van der Waals surface area contributed by atoms with Crippen molar-refractivity contribution < 1.29 is 4.79 Å². The first-order chi connectivity index (χ1) is 10.1. The molecule has 3 aromatic heterocycles. The van der Waals surface area contributed by atoms with Crippen molar-refractivity contribution in [2.24, 2.45) is 0 Å². The summed E-state index contributed by atoms with van der Waals surface area (Å²) in [6.45, 7) is 4.03. The number of amides is 1. The summed E-state index contributed by atoms with van der Waals surface area (Å²) in [6.07, 6.45) is 4.95. The van der Waals surface area contributed by atoms with Crippen molar-refractivity contribution in [1.82, 2.24) is 20.0 Å². The molecule has 0 saturated carbocycles. The smallest absolute Gasteiger partial charge is 0.268 e. The molecule has 3 aromatic rings. The average molecular weight is 302 g/mol. The highest BCUT2D eigenvalue weighted by Crippen LogP contribution is 2.32. The van der Waals surface area contributed by atoms with Gasteiger partial charge in [-0.3, -0.25) is 9.48 Å². The first-order valence-corrected chi connectivity index (χ1v) is 7.23. The largest absolute Gasteiger partial charge is 0.397 e. The Bertz CT molecular complexity index is 806. The van der Waals surface area contributed by atoms with Gasteiger partial charge in [-0.2, -0.15) is 10.2 Å². The lowest BCUT2D eigenvalue weighted by atomic mass is 10.3. The Labute approximate surface area is 124 Å². The number of hydrogen-bond donors (Lipinski definition) is 2. The molecule has 1 amide bonds. The summed E-state index contributed by atoms with van der Waals surface area (Å²) in [7, 11) is 0. The third kappa shape index (κ3) is 2.45. The van der Waals surface area contributed by atoms with Gasteiger partial charge in [0.25, 0.3) is 5.91 Å². The number of hydrogen-bond acceptors (Lipinski definition) is 6. The molecule has 7 nitrogen and oxygen atoms in total. The van der Waals surface area contributed by atoms with E-state index in [1.165, 1.54) is 11.3 Å². The van der Waals surface area contributed by atoms with Gasteiger partial charge in [-0.25, -0.2) is 0 Å². The van der Waals surface area contributed by atoms with E-state index in [4.69, 9.17) is 5.73 Å². The quantitative estimate of drug-likeness (QED) is 0.773. The number of carbonyl (C=O) groups excluding carboxylic acids is 1. The molecule has 0 aromatic carbocycles. The molecule has 0 spiro atoms. The SMILES string of the molecule is CC(C)n1cc(NC(=O)c2sc3nnccc3c2N)cn1. The fourth-order valence-electron chi connectivity index (χ4n) is 1.91. The predicted octanol–water partition coefficient (Wildman–Crippen LogP) is 2.30. The van der Waals surface area contributed by atoms with Crippen LogP contribution in [0, 0.1) is 0 Å². The van der Waals surface area contributed by atoms with E-state index in [0.717, 1.165) is 5.39 Å². The van der Waals surface area contributed by atoms with Crippen LogP contribution in [0.5, 0.6) is 0 Å². The maximum absolute atomic E-state index is 12.3. The molecule has 0 bridgehead atoms. The number of nitrogens with zero attached hydrogens (tertiary/aromatic N) is 4. The van der Waals surface area contributed by atoms with Crippen molar-refractivity contribution in [3.8, 4) is 0 Å². The maximum Gasteiger partial charge on any atom is 0.268 e. The van der Waals surface area contributed by atoms with Crippen LogP contribution in [-0.2, 0) is 0 Å². The lowest BCUT2D eigenvalue weighted by Gasteiger charge is -2.03. The Hall–Kier alpha value is -2.48. The second kappa shape index (κ2) is 5.13. The van der Waals surface area contributed by atoms with Crippen molar-refractivity contribution in [1.29, 1.82) is 0 Å². The molecule has 0 atom stereocenters. The number of nitrogen functional groups attached to an aromatic ring is 1. The molecule has 3 N–H and O–H groups in total. The summed E-state index contributed by atoms with van der Waals surface area (Å²) in [5.41, 5.74) is 7.07. The van der Waals surface area contributed by atoms with Crippen molar-refractivity contribution >= 4 is 38.8 Å². The van der Waals surface area contributed by atoms with Gasteiger partial charge in [-0.05, 0) is 19.9 Å². The zero-order valence-corrected chi connectivity index (χ0v) is 12.4. The molecule has 108 valence electrons. The normalized spacial score (nSPS) is 11.2. The minimum atomic E-state index is -0.265. The van der Waals surface area contributed by atoms with Crippen LogP contribution in [0.2, 0.25) is 0 Å². The van der Waals surface area contributed by atoms with Crippen LogP contribution in [0.3, 0.4) is 0 Å². The summed E-state index contributed by atoms with van der Waals surface area (Å²) in [4.78, 5) is 13.4. The van der Waals surface area contributed by atoms with E-state index in [9.17, 15) is 4.79 Å². The molecule has 0 fully saturated rings. The minimum absolute atomic E-state index is 0.236. The number of aromatic nitrogens is 4. The molecule has 3 rings (SSSR count). The third-order valence-electron chi connectivity index (χ3n) is 3.02. The first kappa shape index (κ1) is 13.5. The minimum Gasteiger partial charge on any atom is -0.397 e. The number of nitrogens with one attached hydrogen (secondary N) is 1. The van der Waals surface area contributed by atoms with Crippen LogP contribution in [0.1, 0.15) is 29.6 Å². The molecular weight excluding hydrogens is 288 g/mol. The van der Waals surface area contributed by atoms with Crippen molar-refractivity contribution in [2.45, 2.75) is 19.9 Å². The van der Waals surface area contributed by atoms with E-state index >= 15 is 0 Å². The van der Waals surface area contributed by atoms with E-state index in [2.05, 4.69) is 20.6 Å². The van der Waals surface area contributed by atoms with Crippen LogP contribution < -0.4 is 11.1 Å². The second-order valence-electron chi connectivity index (χ2n) is 4.85. The number of anilines is 2. The number of nitrogens with two attached hydrogens (primary N) is 1. The lowest BCUT2D eigenvalue weighted by molar-refractivity contribution is 0.103. The molecule has 0 aliphatic carbocycles. The van der Waals surface area contributed by atoms with Gasteiger partial charge in [-0.1, -0.05) is 0 Å². The number of rotatable bonds is 3. The molecule has 0 saturated heterocycles. The van der Waals surface area contributed by atoms with Crippen molar-refractivity contribution in [3.63, 3.8) is 0 Å². The predicted molar refractivity (Wildman–Crippen MR) is 82.4 cm³/mol. The van der Waals surface area contributed by atoms with Gasteiger partial charge in [0.1, 0.15) is 9.71 Å². The molecule has 0 aliphatic heterocycles. The standard InChI is InChI=1S/C13H14N6OS/c1-7(2)19-6-8(5-16-19)17-12(20)11-10(14)9-3-4-15-18-13(9)21-11/h3-7H,14H2,1-2H3,(H,17,20). The zero-order valence-electron chi connectivity index (χ0n) is 11.6. The Morgan fingerprint density at radius 1 is 1.48 bits per heavy atom. The fourth-order valence-corrected chi connectivity index (χ4v) is 2.85. The molecule has 0 unspecified atom stereocenters. The first-order valence-electron chi connectivity index (χ1n) is 6.41. The molecule has 0 aliphatic rings. The van der Waals surface area contributed by atoms with E-state index in [-0.39, 0.29) is 11.9 Å². The number of carbonyl (C=O) groups is 1. The van der Waals surface area contributed by atoms with Gasteiger partial charge < -0.3 is 11.1 Å². The molecule has 8 heteroatoms. The zero-order chi connectivity index (χ0) is 15.0. The highest BCUT2D eigenvalue weighted by atomic mass is 32.1. The van der Waals surface area contributed by atoms with E-state index in [1.807, 2.05) is 13.8 Å². The Kier molecular flexibility index (Phi) is 3.30. The van der Waals surface area contributed by atoms with Crippen LogP contribution in [0.25, 0.3) is 10.2 Å². The third-order valence-corrected chi connectivity index (χ3v) is 4.12. The second-order valence-corrected chi connectivity index (χ2v) is 5.85. The highest BCUT2D eigenvalue weighted by molar-refractivity contribution is 7.21. The number of fused-ring (bicyclic) bond motifs is 1. The van der Waals surface area contributed by atoms with Crippen LogP contribution in [0.4, 0.5) is 11.4 Å². The van der Waals surface area contributed by atoms with Gasteiger partial charge >= 0.3 is 0 Å². The van der Waals surface area contributed by atoms with E-state index < -0.39 is 0 Å². The van der Waals surface area contributed by atoms with Crippen molar-refractivity contribution in [3.05, 3.63) is 29.5 Å². The Morgan fingerprint density at radius 2 is 2.29 bits per heavy atom.